The predicted molar refractivity (Wildman–Crippen MR) is 136 cm³/mol. The molecule has 0 saturated carbocycles. The van der Waals surface area contributed by atoms with Gasteiger partial charge >= 0.3 is 0 Å². The van der Waals surface area contributed by atoms with Gasteiger partial charge in [-0.25, -0.2) is 0 Å². The molecule has 0 saturated heterocycles. The molecule has 1 heterocycles. The van der Waals surface area contributed by atoms with Crippen molar-refractivity contribution in [1.29, 1.82) is 0 Å². The van der Waals surface area contributed by atoms with Crippen LogP contribution in [0.5, 0.6) is 23.0 Å². The molecular formula is C26H31ClN2O6. The molecule has 35 heavy (non-hydrogen) atoms. The van der Waals surface area contributed by atoms with Crippen molar-refractivity contribution in [2.24, 2.45) is 0 Å². The summed E-state index contributed by atoms with van der Waals surface area (Å²) in [6.07, 6.45) is 1.05. The van der Waals surface area contributed by atoms with Gasteiger partial charge in [-0.3, -0.25) is 9.59 Å². The molecule has 3 rings (SSSR count). The lowest BCUT2D eigenvalue weighted by molar-refractivity contribution is -0.120. The summed E-state index contributed by atoms with van der Waals surface area (Å²) in [5.41, 5.74) is 2.07. The van der Waals surface area contributed by atoms with Gasteiger partial charge in [-0.15, -0.1) is 0 Å². The minimum atomic E-state index is -0.317. The van der Waals surface area contributed by atoms with Crippen molar-refractivity contribution in [3.63, 3.8) is 0 Å². The number of halogens is 1. The Labute approximate surface area is 209 Å². The molecule has 0 aliphatic heterocycles. The standard InChI is InChI=1S/C26H31ClN2O6/c1-7-14(13-28-22(30)8-2)23-16-11-19(33-4)17(27)12-18(16)29-25(23)26(31)24-20(34-5)9-15(32-3)10-21(24)35-6/h9-12,14,29H,7-8,13H2,1-6H3,(H,28,30). The molecule has 1 unspecified atom stereocenters. The highest BCUT2D eigenvalue weighted by atomic mass is 35.5. The number of fused-ring (bicyclic) bond motifs is 1. The molecule has 8 nitrogen and oxygen atoms in total. The van der Waals surface area contributed by atoms with Gasteiger partial charge in [0.15, 0.2) is 0 Å². The van der Waals surface area contributed by atoms with Crippen LogP contribution in [0.3, 0.4) is 0 Å². The SMILES string of the molecule is CCC(=O)NCC(CC)c1c(C(=O)c2c(OC)cc(OC)cc2OC)[nH]c2cc(Cl)c(OC)cc12. The maximum absolute atomic E-state index is 14.1. The number of amides is 1. The number of benzene rings is 2. The van der Waals surface area contributed by atoms with Gasteiger partial charge in [-0.2, -0.15) is 0 Å². The monoisotopic (exact) mass is 502 g/mol. The quantitative estimate of drug-likeness (QED) is 0.354. The van der Waals surface area contributed by atoms with Crippen molar-refractivity contribution < 1.29 is 28.5 Å². The number of ether oxygens (including phenoxy) is 4. The zero-order chi connectivity index (χ0) is 25.7. The highest BCUT2D eigenvalue weighted by Crippen LogP contribution is 2.41. The van der Waals surface area contributed by atoms with Crippen LogP contribution in [0.4, 0.5) is 0 Å². The second kappa shape index (κ2) is 11.4. The Morgan fingerprint density at radius 1 is 0.943 bits per heavy atom. The number of aromatic nitrogens is 1. The van der Waals surface area contributed by atoms with Crippen LogP contribution in [0.25, 0.3) is 10.9 Å². The van der Waals surface area contributed by atoms with Gasteiger partial charge in [-0.1, -0.05) is 25.4 Å². The van der Waals surface area contributed by atoms with E-state index < -0.39 is 0 Å². The normalized spacial score (nSPS) is 11.7. The van der Waals surface area contributed by atoms with E-state index in [2.05, 4.69) is 10.3 Å². The Kier molecular flexibility index (Phi) is 8.51. The number of hydrogen-bond donors (Lipinski definition) is 2. The largest absolute Gasteiger partial charge is 0.496 e. The summed E-state index contributed by atoms with van der Waals surface area (Å²) in [4.78, 5) is 29.3. The number of aromatic amines is 1. The Bertz CT molecular complexity index is 1210. The first-order chi connectivity index (χ1) is 16.8. The summed E-state index contributed by atoms with van der Waals surface area (Å²) in [6, 6.07) is 6.82. The first kappa shape index (κ1) is 26.2. The van der Waals surface area contributed by atoms with Crippen molar-refractivity contribution in [3.05, 3.63) is 46.1 Å². The summed E-state index contributed by atoms with van der Waals surface area (Å²) in [6.45, 7) is 4.18. The predicted octanol–water partition coefficient (Wildman–Crippen LogP) is 5.11. The van der Waals surface area contributed by atoms with Gasteiger partial charge in [0.2, 0.25) is 11.7 Å². The molecule has 2 aromatic carbocycles. The molecule has 0 aliphatic carbocycles. The number of carbonyl (C=O) groups is 2. The van der Waals surface area contributed by atoms with Crippen molar-refractivity contribution in [2.45, 2.75) is 32.6 Å². The van der Waals surface area contributed by atoms with Crippen LogP contribution in [-0.2, 0) is 4.79 Å². The molecule has 188 valence electrons. The van der Waals surface area contributed by atoms with Crippen LogP contribution < -0.4 is 24.3 Å². The average Bonchev–Trinajstić information content (AvgIpc) is 3.24. The summed E-state index contributed by atoms with van der Waals surface area (Å²) in [5, 5.41) is 4.16. The molecule has 3 aromatic rings. The van der Waals surface area contributed by atoms with E-state index in [0.29, 0.717) is 58.6 Å². The molecule has 0 spiro atoms. The zero-order valence-electron chi connectivity index (χ0n) is 20.8. The third kappa shape index (κ3) is 5.17. The van der Waals surface area contributed by atoms with Crippen LogP contribution in [0.1, 0.15) is 54.2 Å². The fourth-order valence-corrected chi connectivity index (χ4v) is 4.38. The van der Waals surface area contributed by atoms with E-state index in [9.17, 15) is 9.59 Å². The van der Waals surface area contributed by atoms with Gasteiger partial charge in [-0.05, 0) is 24.1 Å². The lowest BCUT2D eigenvalue weighted by Gasteiger charge is -2.19. The number of hydrogen-bond acceptors (Lipinski definition) is 6. The molecule has 0 bridgehead atoms. The summed E-state index contributed by atoms with van der Waals surface area (Å²) in [5.74, 6) is 1.10. The third-order valence-corrected chi connectivity index (χ3v) is 6.34. The van der Waals surface area contributed by atoms with Crippen molar-refractivity contribution in [3.8, 4) is 23.0 Å². The summed E-state index contributed by atoms with van der Waals surface area (Å²) in [7, 11) is 6.03. The molecule has 0 radical (unpaired) electrons. The molecule has 1 amide bonds. The van der Waals surface area contributed by atoms with Crippen LogP contribution in [0, 0.1) is 0 Å². The topological polar surface area (TPSA) is 98.9 Å². The van der Waals surface area contributed by atoms with Crippen molar-refractivity contribution >= 4 is 34.2 Å². The maximum atomic E-state index is 14.1. The van der Waals surface area contributed by atoms with E-state index in [1.54, 1.807) is 25.1 Å². The van der Waals surface area contributed by atoms with E-state index in [1.165, 1.54) is 28.4 Å². The molecule has 0 aliphatic rings. The number of ketones is 1. The molecule has 1 aromatic heterocycles. The molecular weight excluding hydrogens is 472 g/mol. The average molecular weight is 503 g/mol. The summed E-state index contributed by atoms with van der Waals surface area (Å²) >= 11 is 6.38. The number of carbonyl (C=O) groups excluding carboxylic acids is 2. The minimum Gasteiger partial charge on any atom is -0.496 e. The van der Waals surface area contributed by atoms with Crippen molar-refractivity contribution in [1.82, 2.24) is 10.3 Å². The van der Waals surface area contributed by atoms with Gasteiger partial charge < -0.3 is 29.2 Å². The lowest BCUT2D eigenvalue weighted by atomic mass is 9.90. The first-order valence-corrected chi connectivity index (χ1v) is 11.7. The Morgan fingerprint density at radius 2 is 1.57 bits per heavy atom. The Morgan fingerprint density at radius 3 is 2.09 bits per heavy atom. The van der Waals surface area contributed by atoms with Crippen LogP contribution >= 0.6 is 11.6 Å². The van der Waals surface area contributed by atoms with Crippen LogP contribution in [0.15, 0.2) is 24.3 Å². The second-order valence-corrected chi connectivity index (χ2v) is 8.35. The van der Waals surface area contributed by atoms with Gasteiger partial charge in [0.25, 0.3) is 0 Å². The molecule has 2 N–H and O–H groups in total. The van der Waals surface area contributed by atoms with E-state index in [1.807, 2.05) is 13.0 Å². The van der Waals surface area contributed by atoms with E-state index in [0.717, 1.165) is 10.9 Å². The van der Waals surface area contributed by atoms with Crippen LogP contribution in [0.2, 0.25) is 5.02 Å². The smallest absolute Gasteiger partial charge is 0.219 e. The van der Waals surface area contributed by atoms with Crippen molar-refractivity contribution in [2.75, 3.05) is 35.0 Å². The highest BCUT2D eigenvalue weighted by molar-refractivity contribution is 6.33. The van der Waals surface area contributed by atoms with Gasteiger partial charge in [0, 0.05) is 41.9 Å². The lowest BCUT2D eigenvalue weighted by Crippen LogP contribution is -2.28. The second-order valence-electron chi connectivity index (χ2n) is 7.94. The number of rotatable bonds is 11. The minimum absolute atomic E-state index is 0.0599. The number of nitrogens with one attached hydrogen (secondary N) is 2. The fourth-order valence-electron chi connectivity index (χ4n) is 4.14. The third-order valence-electron chi connectivity index (χ3n) is 6.05. The highest BCUT2D eigenvalue weighted by Gasteiger charge is 2.30. The Balaban J connectivity index is 2.27. The zero-order valence-corrected chi connectivity index (χ0v) is 21.6. The number of methoxy groups -OCH3 is 4. The maximum Gasteiger partial charge on any atom is 0.219 e. The summed E-state index contributed by atoms with van der Waals surface area (Å²) < 4.78 is 21.8. The van der Waals surface area contributed by atoms with E-state index in [-0.39, 0.29) is 23.2 Å². The molecule has 9 heteroatoms. The Hall–Kier alpha value is -3.39. The van der Waals surface area contributed by atoms with E-state index in [4.69, 9.17) is 30.5 Å². The molecule has 0 fully saturated rings. The van der Waals surface area contributed by atoms with E-state index >= 15 is 0 Å². The number of H-pyrrole nitrogens is 1. The first-order valence-electron chi connectivity index (χ1n) is 11.3. The van der Waals surface area contributed by atoms with Gasteiger partial charge in [0.1, 0.15) is 28.6 Å². The van der Waals surface area contributed by atoms with Gasteiger partial charge in [0.05, 0.1) is 39.2 Å². The fraction of sp³-hybridized carbons (Fsp3) is 0.385. The van der Waals surface area contributed by atoms with Crippen LogP contribution in [-0.4, -0.2) is 51.7 Å². The molecule has 1 atom stereocenters.